The van der Waals surface area contributed by atoms with E-state index in [9.17, 15) is 4.79 Å². The molecular weight excluding hydrogens is 431 g/mol. The summed E-state index contributed by atoms with van der Waals surface area (Å²) >= 11 is 6.62. The van der Waals surface area contributed by atoms with E-state index in [4.69, 9.17) is 11.6 Å². The Bertz CT molecular complexity index is 1370. The number of H-pyrrole nitrogens is 1. The molecule has 0 unspecified atom stereocenters. The molecule has 32 heavy (non-hydrogen) atoms. The lowest BCUT2D eigenvalue weighted by molar-refractivity contribution is -0.117. The van der Waals surface area contributed by atoms with Crippen LogP contribution in [-0.4, -0.2) is 38.8 Å². The van der Waals surface area contributed by atoms with Crippen LogP contribution >= 0.6 is 11.6 Å². The highest BCUT2D eigenvalue weighted by Gasteiger charge is 2.31. The molecule has 2 saturated carbocycles. The number of carbonyl (C=O) groups excluding carboxylic acids is 1. The van der Waals surface area contributed by atoms with E-state index in [1.165, 1.54) is 0 Å². The first-order valence-electron chi connectivity index (χ1n) is 10.9. The van der Waals surface area contributed by atoms with Crippen LogP contribution in [0.25, 0.3) is 27.5 Å². The maximum Gasteiger partial charge on any atom is 0.228 e. The number of rotatable bonds is 5. The van der Waals surface area contributed by atoms with Crippen molar-refractivity contribution in [2.24, 2.45) is 5.92 Å². The van der Waals surface area contributed by atoms with Crippen molar-refractivity contribution in [1.29, 1.82) is 0 Å². The molecule has 1 amide bonds. The summed E-state index contributed by atoms with van der Waals surface area (Å²) in [4.78, 5) is 14.0. The maximum atomic E-state index is 15.6. The van der Waals surface area contributed by atoms with Crippen molar-refractivity contribution >= 4 is 45.4 Å². The number of fused-ring (bicyclic) bond motifs is 2. The highest BCUT2D eigenvalue weighted by atomic mass is 35.5. The molecule has 1 aromatic carbocycles. The van der Waals surface area contributed by atoms with Gasteiger partial charge in [-0.1, -0.05) is 11.6 Å². The van der Waals surface area contributed by atoms with Crippen LogP contribution in [0, 0.1) is 11.7 Å². The number of nitrogens with zero attached hydrogens (tertiary/aromatic N) is 4. The summed E-state index contributed by atoms with van der Waals surface area (Å²) in [7, 11) is 1.91. The van der Waals surface area contributed by atoms with Gasteiger partial charge in [0.2, 0.25) is 5.91 Å². The molecule has 0 bridgehead atoms. The zero-order valence-electron chi connectivity index (χ0n) is 17.5. The minimum Gasteiger partial charge on any atom is -0.367 e. The predicted octanol–water partition coefficient (Wildman–Crippen LogP) is 5.01. The van der Waals surface area contributed by atoms with Crippen molar-refractivity contribution < 1.29 is 9.18 Å². The number of hydrogen-bond donors (Lipinski definition) is 2. The number of nitrogens with one attached hydrogen (secondary N) is 2. The van der Waals surface area contributed by atoms with E-state index >= 15 is 4.39 Å². The summed E-state index contributed by atoms with van der Waals surface area (Å²) in [5.41, 5.74) is 3.22. The van der Waals surface area contributed by atoms with Gasteiger partial charge in [0, 0.05) is 42.2 Å². The van der Waals surface area contributed by atoms with Crippen molar-refractivity contribution in [1.82, 2.24) is 19.8 Å². The number of carbonyl (C=O) groups is 1. The van der Waals surface area contributed by atoms with E-state index in [0.717, 1.165) is 48.6 Å². The van der Waals surface area contributed by atoms with Crippen LogP contribution in [0.1, 0.15) is 32.1 Å². The summed E-state index contributed by atoms with van der Waals surface area (Å²) in [6.45, 7) is 0. The molecule has 2 aliphatic rings. The van der Waals surface area contributed by atoms with Crippen LogP contribution in [0.3, 0.4) is 0 Å². The zero-order valence-corrected chi connectivity index (χ0v) is 18.3. The first kappa shape index (κ1) is 19.5. The SMILES string of the molecule is CN(c1c(F)c(Cl)c(-c2ccn3nc(NC(=O)C4CC4)cc3c2)c2cn[nH]c12)C1CCC1. The molecule has 3 aromatic heterocycles. The van der Waals surface area contributed by atoms with Gasteiger partial charge in [0.05, 0.1) is 22.3 Å². The van der Waals surface area contributed by atoms with Gasteiger partial charge in [-0.2, -0.15) is 10.2 Å². The largest absolute Gasteiger partial charge is 0.367 e. The second kappa shape index (κ2) is 7.20. The van der Waals surface area contributed by atoms with Crippen LogP contribution in [0.5, 0.6) is 0 Å². The second-order valence-electron chi connectivity index (χ2n) is 8.78. The zero-order chi connectivity index (χ0) is 22.0. The molecule has 7 nitrogen and oxygen atoms in total. The molecular formula is C23H22ClFN6O. The summed E-state index contributed by atoms with van der Waals surface area (Å²) in [6.07, 6.45) is 8.58. The molecule has 0 atom stereocenters. The third-order valence-corrected chi connectivity index (χ3v) is 7.05. The molecule has 2 fully saturated rings. The summed E-state index contributed by atoms with van der Waals surface area (Å²) < 4.78 is 17.3. The minimum atomic E-state index is -0.446. The van der Waals surface area contributed by atoms with Crippen LogP contribution in [0.4, 0.5) is 15.9 Å². The van der Waals surface area contributed by atoms with Gasteiger partial charge in [0.25, 0.3) is 0 Å². The Labute approximate surface area is 188 Å². The van der Waals surface area contributed by atoms with E-state index in [-0.39, 0.29) is 16.8 Å². The molecule has 0 spiro atoms. The molecule has 0 aliphatic heterocycles. The number of halogens is 2. The van der Waals surface area contributed by atoms with Gasteiger partial charge in [0.1, 0.15) is 5.69 Å². The second-order valence-corrected chi connectivity index (χ2v) is 9.16. The minimum absolute atomic E-state index is 0.00465. The molecule has 6 rings (SSSR count). The first-order valence-corrected chi connectivity index (χ1v) is 11.3. The lowest BCUT2D eigenvalue weighted by Crippen LogP contribution is -2.37. The van der Waals surface area contributed by atoms with E-state index < -0.39 is 5.82 Å². The van der Waals surface area contributed by atoms with Crippen molar-refractivity contribution in [3.63, 3.8) is 0 Å². The average molecular weight is 453 g/mol. The number of anilines is 2. The van der Waals surface area contributed by atoms with Gasteiger partial charge in [-0.05, 0) is 49.8 Å². The van der Waals surface area contributed by atoms with Gasteiger partial charge in [-0.15, -0.1) is 0 Å². The molecule has 0 radical (unpaired) electrons. The van der Waals surface area contributed by atoms with Crippen LogP contribution in [0.2, 0.25) is 5.02 Å². The number of amides is 1. The molecule has 4 aromatic rings. The van der Waals surface area contributed by atoms with Crippen molar-refractivity contribution in [3.05, 3.63) is 41.4 Å². The Morgan fingerprint density at radius 2 is 2.12 bits per heavy atom. The monoisotopic (exact) mass is 452 g/mol. The maximum absolute atomic E-state index is 15.6. The topological polar surface area (TPSA) is 78.3 Å². The van der Waals surface area contributed by atoms with Crippen molar-refractivity contribution in [3.8, 4) is 11.1 Å². The highest BCUT2D eigenvalue weighted by molar-refractivity contribution is 6.36. The third-order valence-electron chi connectivity index (χ3n) is 6.69. The van der Waals surface area contributed by atoms with E-state index in [1.807, 2.05) is 24.1 Å². The molecule has 0 saturated heterocycles. The van der Waals surface area contributed by atoms with Crippen LogP contribution < -0.4 is 10.2 Å². The van der Waals surface area contributed by atoms with Crippen LogP contribution in [0.15, 0.2) is 30.6 Å². The van der Waals surface area contributed by atoms with Crippen molar-refractivity contribution in [2.75, 3.05) is 17.3 Å². The molecule has 2 N–H and O–H groups in total. The number of aromatic nitrogens is 4. The van der Waals surface area contributed by atoms with Crippen molar-refractivity contribution in [2.45, 2.75) is 38.1 Å². The number of hydrogen-bond acceptors (Lipinski definition) is 4. The average Bonchev–Trinajstić information content (AvgIpc) is 3.35. The Kier molecular flexibility index (Phi) is 4.40. The smallest absolute Gasteiger partial charge is 0.228 e. The third kappa shape index (κ3) is 3.04. The highest BCUT2D eigenvalue weighted by Crippen LogP contribution is 2.44. The van der Waals surface area contributed by atoms with Crippen LogP contribution in [-0.2, 0) is 4.79 Å². The number of pyridine rings is 1. The number of benzene rings is 1. The van der Waals surface area contributed by atoms with Gasteiger partial charge in [-0.25, -0.2) is 8.91 Å². The fraction of sp³-hybridized carbons (Fsp3) is 0.348. The predicted molar refractivity (Wildman–Crippen MR) is 123 cm³/mol. The normalized spacial score (nSPS) is 16.5. The quantitative estimate of drug-likeness (QED) is 0.446. The van der Waals surface area contributed by atoms with E-state index in [2.05, 4.69) is 20.6 Å². The molecule has 2 aliphatic carbocycles. The first-order chi connectivity index (χ1) is 15.5. The standard InChI is InChI=1S/C23H22ClFN6O/c1-30(14-3-2-4-14)22-20(25)19(24)18(16-11-26-28-21(16)22)13-7-8-31-15(9-13)10-17(29-31)27-23(32)12-5-6-12/h7-12,14H,2-6H2,1H3,(H,26,28)(H,27,29,32). The summed E-state index contributed by atoms with van der Waals surface area (Å²) in [6, 6.07) is 5.85. The fourth-order valence-corrected chi connectivity index (χ4v) is 4.75. The Morgan fingerprint density at radius 3 is 2.84 bits per heavy atom. The Hall–Kier alpha value is -3.13. The lowest BCUT2D eigenvalue weighted by Gasteiger charge is -2.37. The van der Waals surface area contributed by atoms with Gasteiger partial charge < -0.3 is 10.2 Å². The molecule has 9 heteroatoms. The van der Waals surface area contributed by atoms with E-state index in [0.29, 0.717) is 28.6 Å². The summed E-state index contributed by atoms with van der Waals surface area (Å²) in [5, 5.41) is 15.3. The van der Waals surface area contributed by atoms with Gasteiger partial charge >= 0.3 is 0 Å². The van der Waals surface area contributed by atoms with Gasteiger partial charge in [-0.3, -0.25) is 9.89 Å². The fourth-order valence-electron chi connectivity index (χ4n) is 4.45. The Balaban J connectivity index is 1.44. The number of aromatic amines is 1. The summed E-state index contributed by atoms with van der Waals surface area (Å²) in [5.74, 6) is 0.161. The van der Waals surface area contributed by atoms with E-state index in [1.54, 1.807) is 23.0 Å². The molecule has 3 heterocycles. The Morgan fingerprint density at radius 1 is 1.31 bits per heavy atom. The lowest BCUT2D eigenvalue weighted by atomic mass is 9.91. The van der Waals surface area contributed by atoms with Gasteiger partial charge in [0.15, 0.2) is 11.6 Å². The molecule has 164 valence electrons.